The number of nitrogens with zero attached hydrogens (tertiary/aromatic N) is 3. The molecule has 0 aliphatic heterocycles. The predicted molar refractivity (Wildman–Crippen MR) is 65.6 cm³/mol. The lowest BCUT2D eigenvalue weighted by molar-refractivity contribution is -0.117. The van der Waals surface area contributed by atoms with E-state index < -0.39 is 0 Å². The van der Waals surface area contributed by atoms with Gasteiger partial charge in [0.25, 0.3) is 0 Å². The van der Waals surface area contributed by atoms with E-state index in [2.05, 4.69) is 9.83 Å². The van der Waals surface area contributed by atoms with Crippen molar-refractivity contribution in [2.24, 2.45) is 0 Å². The first-order valence-electron chi connectivity index (χ1n) is 5.18. The molecule has 1 rings (SSSR count). The SMILES string of the molecule is [C-]#[N+]c1cc(C#N)c(Cl)nc1OCCCC(C)=O. The van der Waals surface area contributed by atoms with E-state index in [1.807, 2.05) is 6.07 Å². The lowest BCUT2D eigenvalue weighted by Crippen LogP contribution is -2.02. The highest BCUT2D eigenvalue weighted by atomic mass is 35.5. The van der Waals surface area contributed by atoms with Crippen molar-refractivity contribution < 1.29 is 9.53 Å². The van der Waals surface area contributed by atoms with Gasteiger partial charge >= 0.3 is 0 Å². The topological polar surface area (TPSA) is 67.3 Å². The van der Waals surface area contributed by atoms with Crippen molar-refractivity contribution in [3.05, 3.63) is 28.2 Å². The summed E-state index contributed by atoms with van der Waals surface area (Å²) in [4.78, 5) is 17.8. The van der Waals surface area contributed by atoms with Crippen LogP contribution >= 0.6 is 11.6 Å². The summed E-state index contributed by atoms with van der Waals surface area (Å²) in [5.41, 5.74) is 0.275. The number of aromatic nitrogens is 1. The first-order valence-corrected chi connectivity index (χ1v) is 5.56. The maximum absolute atomic E-state index is 10.7. The highest BCUT2D eigenvalue weighted by Crippen LogP contribution is 2.29. The van der Waals surface area contributed by atoms with Crippen LogP contribution in [-0.2, 0) is 4.79 Å². The van der Waals surface area contributed by atoms with Crippen LogP contribution in [0.3, 0.4) is 0 Å². The quantitative estimate of drug-likeness (QED) is 0.465. The van der Waals surface area contributed by atoms with Gasteiger partial charge in [0.05, 0.1) is 18.7 Å². The van der Waals surface area contributed by atoms with Crippen LogP contribution in [0.4, 0.5) is 5.69 Å². The zero-order chi connectivity index (χ0) is 13.5. The number of rotatable bonds is 5. The van der Waals surface area contributed by atoms with Crippen molar-refractivity contribution in [1.29, 1.82) is 5.26 Å². The molecule has 92 valence electrons. The average molecular weight is 264 g/mol. The summed E-state index contributed by atoms with van der Waals surface area (Å²) < 4.78 is 5.29. The monoisotopic (exact) mass is 263 g/mol. The van der Waals surface area contributed by atoms with Gasteiger partial charge in [-0.1, -0.05) is 11.6 Å². The molecule has 5 nitrogen and oxygen atoms in total. The van der Waals surface area contributed by atoms with Gasteiger partial charge in [-0.25, -0.2) is 9.83 Å². The van der Waals surface area contributed by atoms with Crippen LogP contribution in [0.2, 0.25) is 5.15 Å². The number of halogens is 1. The molecule has 1 aromatic rings. The molecule has 0 fully saturated rings. The summed E-state index contributed by atoms with van der Waals surface area (Å²) in [6.07, 6.45) is 0.962. The highest BCUT2D eigenvalue weighted by molar-refractivity contribution is 6.30. The van der Waals surface area contributed by atoms with Crippen molar-refractivity contribution in [3.8, 4) is 11.9 Å². The smallest absolute Gasteiger partial charge is 0.248 e. The van der Waals surface area contributed by atoms with Crippen molar-refractivity contribution in [1.82, 2.24) is 4.98 Å². The Hall–Kier alpha value is -2.11. The molecule has 0 atom stereocenters. The van der Waals surface area contributed by atoms with E-state index in [1.165, 1.54) is 13.0 Å². The summed E-state index contributed by atoms with van der Waals surface area (Å²) in [5.74, 6) is 0.173. The van der Waals surface area contributed by atoms with Gasteiger partial charge in [0.2, 0.25) is 11.6 Å². The van der Waals surface area contributed by atoms with E-state index in [4.69, 9.17) is 28.2 Å². The zero-order valence-electron chi connectivity index (χ0n) is 9.73. The minimum absolute atomic E-state index is 0.00599. The summed E-state index contributed by atoms with van der Waals surface area (Å²) in [7, 11) is 0. The van der Waals surface area contributed by atoms with Crippen LogP contribution in [-0.4, -0.2) is 17.4 Å². The normalized spacial score (nSPS) is 9.33. The van der Waals surface area contributed by atoms with Gasteiger partial charge in [-0.3, -0.25) is 0 Å². The molecule has 0 amide bonds. The molecule has 6 heteroatoms. The summed E-state index contributed by atoms with van der Waals surface area (Å²) in [5, 5.41) is 8.75. The number of carbonyl (C=O) groups excluding carboxylic acids is 1. The second kappa shape index (κ2) is 6.58. The Kier molecular flexibility index (Phi) is 5.10. The van der Waals surface area contributed by atoms with E-state index in [0.29, 0.717) is 12.8 Å². The van der Waals surface area contributed by atoms with Crippen LogP contribution in [0.5, 0.6) is 5.88 Å². The van der Waals surface area contributed by atoms with Crippen molar-refractivity contribution >= 4 is 23.1 Å². The molecule has 0 saturated carbocycles. The van der Waals surface area contributed by atoms with E-state index >= 15 is 0 Å². The molecule has 0 N–H and O–H groups in total. The standard InChI is InChI=1S/C12H10ClN3O2/c1-8(17)4-3-5-18-12-10(15-2)6-9(7-14)11(13)16-12/h6H,3-5H2,1H3. The second-order valence-electron chi connectivity index (χ2n) is 3.53. The number of ether oxygens (including phenoxy) is 1. The minimum Gasteiger partial charge on any atom is -0.486 e. The number of carbonyl (C=O) groups is 1. The molecule has 18 heavy (non-hydrogen) atoms. The lowest BCUT2D eigenvalue weighted by atomic mass is 10.2. The van der Waals surface area contributed by atoms with Crippen LogP contribution in [0, 0.1) is 17.9 Å². The number of hydrogen-bond acceptors (Lipinski definition) is 4. The van der Waals surface area contributed by atoms with E-state index in [0.717, 1.165) is 0 Å². The van der Waals surface area contributed by atoms with Crippen molar-refractivity contribution in [2.45, 2.75) is 19.8 Å². The second-order valence-corrected chi connectivity index (χ2v) is 3.89. The molecule has 1 aromatic heterocycles. The summed E-state index contributed by atoms with van der Waals surface area (Å²) in [6, 6.07) is 3.18. The van der Waals surface area contributed by atoms with Crippen LogP contribution < -0.4 is 4.74 Å². The van der Waals surface area contributed by atoms with Gasteiger partial charge in [-0.05, 0) is 19.4 Å². The highest BCUT2D eigenvalue weighted by Gasteiger charge is 2.11. The van der Waals surface area contributed by atoms with Gasteiger partial charge in [0.15, 0.2) is 0 Å². The molecule has 0 spiro atoms. The van der Waals surface area contributed by atoms with Gasteiger partial charge < -0.3 is 9.53 Å². The minimum atomic E-state index is 0.00599. The average Bonchev–Trinajstić information content (AvgIpc) is 2.34. The lowest BCUT2D eigenvalue weighted by Gasteiger charge is -2.07. The number of hydrogen-bond donors (Lipinski definition) is 0. The van der Waals surface area contributed by atoms with E-state index in [-0.39, 0.29) is 34.7 Å². The third kappa shape index (κ3) is 3.73. The Morgan fingerprint density at radius 1 is 1.72 bits per heavy atom. The molecule has 0 aliphatic carbocycles. The molecule has 0 unspecified atom stereocenters. The summed E-state index contributed by atoms with van der Waals surface area (Å²) in [6.45, 7) is 8.75. The van der Waals surface area contributed by atoms with Gasteiger partial charge in [0.1, 0.15) is 17.0 Å². The van der Waals surface area contributed by atoms with Crippen LogP contribution in [0.1, 0.15) is 25.3 Å². The molecule has 0 radical (unpaired) electrons. The third-order valence-electron chi connectivity index (χ3n) is 2.07. The van der Waals surface area contributed by atoms with Gasteiger partial charge in [0, 0.05) is 6.42 Å². The number of ketones is 1. The maximum atomic E-state index is 10.7. The Bertz CT molecular complexity index is 543. The largest absolute Gasteiger partial charge is 0.486 e. The molecular weight excluding hydrogens is 254 g/mol. The summed E-state index contributed by atoms with van der Waals surface area (Å²) >= 11 is 5.75. The number of Topliss-reactive ketones (excluding diaryl/α,β-unsaturated/α-hetero) is 1. The molecule has 1 heterocycles. The van der Waals surface area contributed by atoms with Crippen LogP contribution in [0.15, 0.2) is 6.07 Å². The van der Waals surface area contributed by atoms with Crippen LogP contribution in [0.25, 0.3) is 4.85 Å². The van der Waals surface area contributed by atoms with Crippen molar-refractivity contribution in [2.75, 3.05) is 6.61 Å². The zero-order valence-corrected chi connectivity index (χ0v) is 10.5. The maximum Gasteiger partial charge on any atom is 0.248 e. The fourth-order valence-corrected chi connectivity index (χ4v) is 1.39. The first-order chi connectivity index (χ1) is 8.58. The Labute approximate surface area is 110 Å². The Morgan fingerprint density at radius 3 is 3.00 bits per heavy atom. The predicted octanol–water partition coefficient (Wildman–Crippen LogP) is 2.91. The molecular formula is C12H10ClN3O2. The Balaban J connectivity index is 2.77. The Morgan fingerprint density at radius 2 is 2.44 bits per heavy atom. The fourth-order valence-electron chi connectivity index (χ4n) is 1.22. The van der Waals surface area contributed by atoms with E-state index in [1.54, 1.807) is 0 Å². The van der Waals surface area contributed by atoms with Gasteiger partial charge in [-0.15, -0.1) is 0 Å². The van der Waals surface area contributed by atoms with E-state index in [9.17, 15) is 4.79 Å². The molecule has 0 aliphatic rings. The number of nitriles is 1. The van der Waals surface area contributed by atoms with Crippen molar-refractivity contribution in [3.63, 3.8) is 0 Å². The first kappa shape index (κ1) is 14.0. The third-order valence-corrected chi connectivity index (χ3v) is 2.36. The molecule has 0 aromatic carbocycles. The molecule has 0 saturated heterocycles. The van der Waals surface area contributed by atoms with Gasteiger partial charge in [-0.2, -0.15) is 5.26 Å². The fraction of sp³-hybridized carbons (Fsp3) is 0.333. The molecule has 0 bridgehead atoms. The number of pyridine rings is 1.